The van der Waals surface area contributed by atoms with Crippen LogP contribution in [0.4, 0.5) is 0 Å². The van der Waals surface area contributed by atoms with Crippen molar-refractivity contribution in [2.24, 2.45) is 18.5 Å². The Bertz CT molecular complexity index is 421. The van der Waals surface area contributed by atoms with Crippen molar-refractivity contribution in [1.29, 1.82) is 0 Å². The van der Waals surface area contributed by atoms with Crippen LogP contribution in [-0.4, -0.2) is 32.0 Å². The summed E-state index contributed by atoms with van der Waals surface area (Å²) in [5.41, 5.74) is 9.33. The molecule has 0 radical (unpaired) electrons. The average Bonchev–Trinajstić information content (AvgIpc) is 2.45. The van der Waals surface area contributed by atoms with E-state index >= 15 is 0 Å². The Labute approximate surface area is 90.2 Å². The third kappa shape index (κ3) is 2.60. The van der Waals surface area contributed by atoms with Crippen molar-refractivity contribution in [3.05, 3.63) is 10.5 Å². The van der Waals surface area contributed by atoms with E-state index in [-0.39, 0.29) is 11.4 Å². The molecule has 15 heavy (non-hydrogen) atoms. The second-order valence-electron chi connectivity index (χ2n) is 3.44. The lowest BCUT2D eigenvalue weighted by molar-refractivity contribution is -0.121. The van der Waals surface area contributed by atoms with Crippen LogP contribution in [0.2, 0.25) is 0 Å². The highest BCUT2D eigenvalue weighted by atomic mass is 32.2. The van der Waals surface area contributed by atoms with E-state index in [0.29, 0.717) is 5.16 Å². The van der Waals surface area contributed by atoms with Crippen LogP contribution in [0.15, 0.2) is 9.95 Å². The van der Waals surface area contributed by atoms with E-state index in [1.807, 2.05) is 0 Å². The topological polar surface area (TPSA) is 120 Å². The molecule has 1 heterocycles. The number of aromatic amines is 1. The van der Waals surface area contributed by atoms with Gasteiger partial charge in [0.15, 0.2) is 5.16 Å². The van der Waals surface area contributed by atoms with Crippen molar-refractivity contribution >= 4 is 17.7 Å². The van der Waals surface area contributed by atoms with Gasteiger partial charge in [0.1, 0.15) is 5.54 Å². The number of amides is 1. The molecular weight excluding hydrogens is 218 g/mol. The fraction of sp³-hybridized carbons (Fsp3) is 0.571. The van der Waals surface area contributed by atoms with Gasteiger partial charge in [-0.25, -0.2) is 9.89 Å². The van der Waals surface area contributed by atoms with Crippen molar-refractivity contribution in [2.45, 2.75) is 17.6 Å². The number of carbonyl (C=O) groups is 1. The number of nitrogens with zero attached hydrogens (tertiary/aromatic N) is 2. The molecule has 0 spiro atoms. The molecule has 1 atom stereocenters. The first-order valence-corrected chi connectivity index (χ1v) is 5.16. The molecule has 1 aromatic heterocycles. The molecule has 1 unspecified atom stereocenters. The molecule has 0 saturated carbocycles. The number of rotatable bonds is 4. The summed E-state index contributed by atoms with van der Waals surface area (Å²) in [5, 5.41) is 6.51. The van der Waals surface area contributed by atoms with Gasteiger partial charge < -0.3 is 11.5 Å². The van der Waals surface area contributed by atoms with Crippen molar-refractivity contribution in [2.75, 3.05) is 5.75 Å². The molecule has 7 nitrogen and oxygen atoms in total. The second-order valence-corrected chi connectivity index (χ2v) is 4.38. The van der Waals surface area contributed by atoms with Crippen molar-refractivity contribution < 1.29 is 4.79 Å². The molecule has 1 aromatic rings. The van der Waals surface area contributed by atoms with Gasteiger partial charge in [-0.3, -0.25) is 9.36 Å². The van der Waals surface area contributed by atoms with Crippen LogP contribution in [0.1, 0.15) is 6.92 Å². The summed E-state index contributed by atoms with van der Waals surface area (Å²) < 4.78 is 1.34. The van der Waals surface area contributed by atoms with E-state index < -0.39 is 11.4 Å². The fourth-order valence-corrected chi connectivity index (χ4v) is 1.71. The van der Waals surface area contributed by atoms with Gasteiger partial charge in [-0.05, 0) is 6.92 Å². The molecule has 5 N–H and O–H groups in total. The summed E-state index contributed by atoms with van der Waals surface area (Å²) >= 11 is 1.20. The van der Waals surface area contributed by atoms with Crippen LogP contribution in [0.25, 0.3) is 0 Å². The Balaban J connectivity index is 2.70. The number of hydrogen-bond donors (Lipinski definition) is 3. The Hall–Kier alpha value is -1.28. The first-order chi connectivity index (χ1) is 6.84. The van der Waals surface area contributed by atoms with Crippen molar-refractivity contribution in [1.82, 2.24) is 14.8 Å². The van der Waals surface area contributed by atoms with Gasteiger partial charge in [0.05, 0.1) is 0 Å². The molecule has 1 amide bonds. The minimum Gasteiger partial charge on any atom is -0.368 e. The van der Waals surface area contributed by atoms with Crippen molar-refractivity contribution in [3.63, 3.8) is 0 Å². The summed E-state index contributed by atoms with van der Waals surface area (Å²) in [7, 11) is 1.58. The summed E-state index contributed by atoms with van der Waals surface area (Å²) in [6, 6.07) is 0. The molecule has 0 fully saturated rings. The van der Waals surface area contributed by atoms with E-state index in [1.54, 1.807) is 7.05 Å². The van der Waals surface area contributed by atoms with Crippen LogP contribution >= 0.6 is 11.8 Å². The Morgan fingerprint density at radius 1 is 1.73 bits per heavy atom. The first-order valence-electron chi connectivity index (χ1n) is 4.17. The van der Waals surface area contributed by atoms with Crippen LogP contribution in [0, 0.1) is 0 Å². The minimum atomic E-state index is -1.11. The number of primary amides is 1. The average molecular weight is 231 g/mol. The highest BCUT2D eigenvalue weighted by molar-refractivity contribution is 7.99. The smallest absolute Gasteiger partial charge is 0.343 e. The van der Waals surface area contributed by atoms with Gasteiger partial charge in [0.2, 0.25) is 5.91 Å². The predicted molar refractivity (Wildman–Crippen MR) is 56.3 cm³/mol. The first kappa shape index (κ1) is 11.8. The number of aromatic nitrogens is 3. The van der Waals surface area contributed by atoms with Crippen LogP contribution < -0.4 is 17.2 Å². The molecule has 0 aliphatic carbocycles. The molecule has 0 aliphatic rings. The van der Waals surface area contributed by atoms with Crippen LogP contribution in [-0.2, 0) is 11.8 Å². The molecular formula is C7H13N5O2S. The van der Waals surface area contributed by atoms with E-state index in [4.69, 9.17) is 11.5 Å². The molecule has 1 rings (SSSR count). The second kappa shape index (κ2) is 4.07. The molecule has 0 aliphatic heterocycles. The monoisotopic (exact) mass is 231 g/mol. The number of H-pyrrole nitrogens is 1. The van der Waals surface area contributed by atoms with E-state index in [1.165, 1.54) is 23.3 Å². The summed E-state index contributed by atoms with van der Waals surface area (Å²) in [6.45, 7) is 1.53. The Kier molecular flexibility index (Phi) is 3.20. The molecule has 8 heteroatoms. The largest absolute Gasteiger partial charge is 0.368 e. The molecule has 0 saturated heterocycles. The zero-order valence-electron chi connectivity index (χ0n) is 8.48. The van der Waals surface area contributed by atoms with Crippen LogP contribution in [0.3, 0.4) is 0 Å². The normalized spacial score (nSPS) is 14.9. The maximum Gasteiger partial charge on any atom is 0.343 e. The number of hydrogen-bond acceptors (Lipinski definition) is 5. The maximum atomic E-state index is 11.0. The highest BCUT2D eigenvalue weighted by Gasteiger charge is 2.26. The number of nitrogens with one attached hydrogen (secondary N) is 1. The Morgan fingerprint density at radius 2 is 2.33 bits per heavy atom. The van der Waals surface area contributed by atoms with Gasteiger partial charge in [-0.2, -0.15) is 0 Å². The molecule has 0 aromatic carbocycles. The van der Waals surface area contributed by atoms with Gasteiger partial charge in [-0.15, -0.1) is 5.10 Å². The fourth-order valence-electron chi connectivity index (χ4n) is 0.747. The number of carbonyl (C=O) groups excluding carboxylic acids is 1. The number of nitrogens with two attached hydrogens (primary N) is 2. The SMILES string of the molecule is Cn1c(SCC(C)(N)C(N)=O)n[nH]c1=O. The lowest BCUT2D eigenvalue weighted by Gasteiger charge is -2.18. The third-order valence-electron chi connectivity index (χ3n) is 1.90. The lowest BCUT2D eigenvalue weighted by atomic mass is 10.1. The zero-order valence-corrected chi connectivity index (χ0v) is 9.30. The van der Waals surface area contributed by atoms with E-state index in [0.717, 1.165) is 0 Å². The van der Waals surface area contributed by atoms with E-state index in [9.17, 15) is 9.59 Å². The molecule has 0 bridgehead atoms. The van der Waals surface area contributed by atoms with Gasteiger partial charge in [0, 0.05) is 12.8 Å². The summed E-state index contributed by atoms with van der Waals surface area (Å²) in [6.07, 6.45) is 0. The standard InChI is InChI=1S/C7H13N5O2S/c1-7(9,4(8)13)3-15-6-11-10-5(14)12(6)2/h3,9H2,1-2H3,(H2,8,13)(H,10,14). The van der Waals surface area contributed by atoms with Crippen LogP contribution in [0.5, 0.6) is 0 Å². The quantitative estimate of drug-likeness (QED) is 0.539. The zero-order chi connectivity index (χ0) is 11.6. The third-order valence-corrected chi connectivity index (χ3v) is 3.27. The van der Waals surface area contributed by atoms with E-state index in [2.05, 4.69) is 10.2 Å². The predicted octanol–water partition coefficient (Wildman–Crippen LogP) is -1.60. The van der Waals surface area contributed by atoms with Crippen molar-refractivity contribution in [3.8, 4) is 0 Å². The molecule has 84 valence electrons. The summed E-state index contributed by atoms with van der Waals surface area (Å²) in [5.74, 6) is -0.323. The summed E-state index contributed by atoms with van der Waals surface area (Å²) in [4.78, 5) is 21.9. The maximum absolute atomic E-state index is 11.0. The van der Waals surface area contributed by atoms with Gasteiger partial charge >= 0.3 is 5.69 Å². The van der Waals surface area contributed by atoms with Gasteiger partial charge in [0.25, 0.3) is 0 Å². The minimum absolute atomic E-state index is 0.264. The number of thioether (sulfide) groups is 1. The van der Waals surface area contributed by atoms with Gasteiger partial charge in [-0.1, -0.05) is 11.8 Å². The lowest BCUT2D eigenvalue weighted by Crippen LogP contribution is -2.51. The Morgan fingerprint density at radius 3 is 2.73 bits per heavy atom. The highest BCUT2D eigenvalue weighted by Crippen LogP contribution is 2.17.